The second-order valence-corrected chi connectivity index (χ2v) is 5.39. The number of rotatable bonds is 3. The van der Waals surface area contributed by atoms with Crippen LogP contribution in [0.15, 0.2) is 18.3 Å². The van der Waals surface area contributed by atoms with Gasteiger partial charge < -0.3 is 4.90 Å². The lowest BCUT2D eigenvalue weighted by atomic mass is 10.1. The average molecular weight is 258 g/mol. The molecule has 1 fully saturated rings. The molecule has 0 N–H and O–H groups in total. The van der Waals surface area contributed by atoms with Crippen molar-refractivity contribution in [3.8, 4) is 0 Å². The van der Waals surface area contributed by atoms with Gasteiger partial charge in [0.25, 0.3) is 0 Å². The molecule has 3 heterocycles. The van der Waals surface area contributed by atoms with Crippen molar-refractivity contribution in [1.29, 1.82) is 0 Å². The van der Waals surface area contributed by atoms with Crippen LogP contribution in [0.5, 0.6) is 0 Å². The molecule has 3 rings (SSSR count). The van der Waals surface area contributed by atoms with E-state index in [-0.39, 0.29) is 0 Å². The molecule has 0 radical (unpaired) electrons. The summed E-state index contributed by atoms with van der Waals surface area (Å²) in [4.78, 5) is 18.0. The average Bonchev–Trinajstić information content (AvgIpc) is 3.04. The molecule has 5 heteroatoms. The van der Waals surface area contributed by atoms with Gasteiger partial charge >= 0.3 is 0 Å². The quantitative estimate of drug-likeness (QED) is 0.787. The fraction of sp³-hybridized carbons (Fsp3) is 0.500. The molecule has 100 valence electrons. The lowest BCUT2D eigenvalue weighted by Gasteiger charge is -2.19. The Morgan fingerprint density at radius 1 is 1.47 bits per heavy atom. The number of hydrogen-bond donors (Lipinski definition) is 0. The SMILES string of the molecule is CC(C)N1CCC(c2nc3c(C=O)cccn3n2)C1. The summed E-state index contributed by atoms with van der Waals surface area (Å²) in [5.41, 5.74) is 1.26. The first-order chi connectivity index (χ1) is 9.19. The van der Waals surface area contributed by atoms with Crippen molar-refractivity contribution in [1.82, 2.24) is 19.5 Å². The topological polar surface area (TPSA) is 50.5 Å². The lowest BCUT2D eigenvalue weighted by Crippen LogP contribution is -2.28. The number of pyridine rings is 1. The van der Waals surface area contributed by atoms with Crippen LogP contribution < -0.4 is 0 Å². The van der Waals surface area contributed by atoms with Gasteiger partial charge in [0.15, 0.2) is 17.8 Å². The predicted octanol–water partition coefficient (Wildman–Crippen LogP) is 1.74. The third kappa shape index (κ3) is 2.14. The van der Waals surface area contributed by atoms with Crippen molar-refractivity contribution in [3.63, 3.8) is 0 Å². The number of aldehydes is 1. The fourth-order valence-electron chi connectivity index (χ4n) is 2.68. The molecule has 2 aromatic heterocycles. The van der Waals surface area contributed by atoms with Crippen LogP contribution in [-0.2, 0) is 0 Å². The zero-order valence-electron chi connectivity index (χ0n) is 11.3. The maximum atomic E-state index is 11.0. The van der Waals surface area contributed by atoms with Crippen LogP contribution in [0.3, 0.4) is 0 Å². The van der Waals surface area contributed by atoms with Crippen LogP contribution in [0.1, 0.15) is 42.4 Å². The number of carbonyl (C=O) groups excluding carboxylic acids is 1. The van der Waals surface area contributed by atoms with E-state index in [4.69, 9.17) is 0 Å². The Bertz CT molecular complexity index is 605. The number of nitrogens with zero attached hydrogens (tertiary/aromatic N) is 4. The summed E-state index contributed by atoms with van der Waals surface area (Å²) in [6.07, 6.45) is 3.77. The maximum Gasteiger partial charge on any atom is 0.166 e. The summed E-state index contributed by atoms with van der Waals surface area (Å²) < 4.78 is 1.71. The van der Waals surface area contributed by atoms with E-state index >= 15 is 0 Å². The molecule has 1 atom stereocenters. The molecule has 0 spiro atoms. The molecule has 0 saturated carbocycles. The first-order valence-corrected chi connectivity index (χ1v) is 6.73. The van der Waals surface area contributed by atoms with Crippen LogP contribution in [0.2, 0.25) is 0 Å². The van der Waals surface area contributed by atoms with Gasteiger partial charge in [0.1, 0.15) is 0 Å². The Balaban J connectivity index is 1.92. The molecule has 1 aliphatic heterocycles. The Hall–Kier alpha value is -1.75. The summed E-state index contributed by atoms with van der Waals surface area (Å²) in [7, 11) is 0. The van der Waals surface area contributed by atoms with Gasteiger partial charge in [-0.1, -0.05) is 0 Å². The second kappa shape index (κ2) is 4.74. The number of likely N-dealkylation sites (tertiary alicyclic amines) is 1. The highest BCUT2D eigenvalue weighted by molar-refractivity contribution is 5.83. The third-order valence-corrected chi connectivity index (χ3v) is 3.85. The molecular weight excluding hydrogens is 240 g/mol. The van der Waals surface area contributed by atoms with Gasteiger partial charge in [0, 0.05) is 24.7 Å². The first-order valence-electron chi connectivity index (χ1n) is 6.73. The number of fused-ring (bicyclic) bond motifs is 1. The Morgan fingerprint density at radius 2 is 2.32 bits per heavy atom. The lowest BCUT2D eigenvalue weighted by molar-refractivity contribution is 0.112. The number of carbonyl (C=O) groups is 1. The molecule has 0 aliphatic carbocycles. The highest BCUT2D eigenvalue weighted by Gasteiger charge is 2.28. The number of aromatic nitrogens is 3. The van der Waals surface area contributed by atoms with Gasteiger partial charge in [-0.05, 0) is 38.9 Å². The highest BCUT2D eigenvalue weighted by Crippen LogP contribution is 2.26. The molecule has 0 amide bonds. The van der Waals surface area contributed by atoms with Crippen LogP contribution in [-0.4, -0.2) is 44.9 Å². The minimum absolute atomic E-state index is 0.377. The maximum absolute atomic E-state index is 11.0. The van der Waals surface area contributed by atoms with Crippen molar-refractivity contribution in [2.24, 2.45) is 0 Å². The van der Waals surface area contributed by atoms with E-state index in [0.717, 1.165) is 31.6 Å². The van der Waals surface area contributed by atoms with E-state index in [2.05, 4.69) is 28.8 Å². The molecule has 1 aliphatic rings. The van der Waals surface area contributed by atoms with Gasteiger partial charge in [-0.3, -0.25) is 4.79 Å². The standard InChI is InChI=1S/C14H18N4O/c1-10(2)17-7-5-11(8-17)13-15-14-12(9-19)4-3-6-18(14)16-13/h3-4,6,9-11H,5,7-8H2,1-2H3. The third-order valence-electron chi connectivity index (χ3n) is 3.85. The minimum Gasteiger partial charge on any atom is -0.300 e. The summed E-state index contributed by atoms with van der Waals surface area (Å²) >= 11 is 0. The van der Waals surface area contributed by atoms with Gasteiger partial charge in [-0.25, -0.2) is 9.50 Å². The van der Waals surface area contributed by atoms with E-state index in [9.17, 15) is 4.79 Å². The van der Waals surface area contributed by atoms with Crippen LogP contribution in [0, 0.1) is 0 Å². The molecule has 5 nitrogen and oxygen atoms in total. The summed E-state index contributed by atoms with van der Waals surface area (Å²) in [6.45, 7) is 6.53. The van der Waals surface area contributed by atoms with Crippen molar-refractivity contribution in [3.05, 3.63) is 29.7 Å². The highest BCUT2D eigenvalue weighted by atomic mass is 16.1. The van der Waals surface area contributed by atoms with Crippen LogP contribution >= 0.6 is 0 Å². The summed E-state index contributed by atoms with van der Waals surface area (Å²) in [5, 5.41) is 4.52. The Kier molecular flexibility index (Phi) is 3.06. The van der Waals surface area contributed by atoms with E-state index in [1.165, 1.54) is 0 Å². The van der Waals surface area contributed by atoms with Crippen molar-refractivity contribution >= 4 is 11.9 Å². The van der Waals surface area contributed by atoms with Gasteiger partial charge in [-0.15, -0.1) is 0 Å². The molecule has 0 bridgehead atoms. The normalized spacial score (nSPS) is 20.5. The predicted molar refractivity (Wildman–Crippen MR) is 72.4 cm³/mol. The number of hydrogen-bond acceptors (Lipinski definition) is 4. The second-order valence-electron chi connectivity index (χ2n) is 5.39. The molecule has 19 heavy (non-hydrogen) atoms. The van der Waals surface area contributed by atoms with Crippen molar-refractivity contribution in [2.45, 2.75) is 32.2 Å². The van der Waals surface area contributed by atoms with Crippen molar-refractivity contribution in [2.75, 3.05) is 13.1 Å². The van der Waals surface area contributed by atoms with E-state index in [0.29, 0.717) is 23.2 Å². The fourth-order valence-corrected chi connectivity index (χ4v) is 2.68. The van der Waals surface area contributed by atoms with Crippen LogP contribution in [0.4, 0.5) is 0 Å². The van der Waals surface area contributed by atoms with Crippen LogP contribution in [0.25, 0.3) is 5.65 Å². The van der Waals surface area contributed by atoms with Gasteiger partial charge in [-0.2, -0.15) is 5.10 Å². The molecule has 0 aromatic carbocycles. The summed E-state index contributed by atoms with van der Waals surface area (Å²) in [5.74, 6) is 1.24. The zero-order chi connectivity index (χ0) is 13.4. The van der Waals surface area contributed by atoms with Gasteiger partial charge in [0.2, 0.25) is 0 Å². The monoisotopic (exact) mass is 258 g/mol. The molecule has 2 aromatic rings. The molecular formula is C14H18N4O. The molecule has 1 saturated heterocycles. The Morgan fingerprint density at radius 3 is 3.00 bits per heavy atom. The van der Waals surface area contributed by atoms with E-state index in [1.54, 1.807) is 10.6 Å². The Labute approximate surface area is 112 Å². The zero-order valence-corrected chi connectivity index (χ0v) is 11.3. The van der Waals surface area contributed by atoms with Crippen molar-refractivity contribution < 1.29 is 4.79 Å². The van der Waals surface area contributed by atoms with E-state index in [1.807, 2.05) is 12.3 Å². The molecule has 1 unspecified atom stereocenters. The first kappa shape index (κ1) is 12.3. The summed E-state index contributed by atoms with van der Waals surface area (Å²) in [6, 6.07) is 4.16. The largest absolute Gasteiger partial charge is 0.300 e. The van der Waals surface area contributed by atoms with E-state index < -0.39 is 0 Å². The smallest absolute Gasteiger partial charge is 0.166 e. The van der Waals surface area contributed by atoms with Gasteiger partial charge in [0.05, 0.1) is 5.56 Å². The minimum atomic E-state index is 0.377.